The largest absolute Gasteiger partial charge is 0.481 e. The van der Waals surface area contributed by atoms with Crippen LogP contribution in [0.4, 0.5) is 0 Å². The lowest BCUT2D eigenvalue weighted by Gasteiger charge is -2.19. The third-order valence-electron chi connectivity index (χ3n) is 8.79. The molecule has 0 aliphatic rings. The Kier molecular flexibility index (Phi) is 45.9. The summed E-state index contributed by atoms with van der Waals surface area (Å²) in [5.41, 5.74) is 0.167. The molecule has 3 aromatic carbocycles. The number of ketones is 4. The lowest BCUT2D eigenvalue weighted by molar-refractivity contribution is -0.192. The minimum Gasteiger partial charge on any atom is -0.481 e. The molecule has 456 valence electrons. The zero-order valence-electron chi connectivity index (χ0n) is 44.3. The molecule has 0 amide bonds. The Hall–Kier alpha value is -10.5. The van der Waals surface area contributed by atoms with Gasteiger partial charge in [-0.3, -0.25) is 38.4 Å². The summed E-state index contributed by atoms with van der Waals surface area (Å²) in [7, 11) is 0. The predicted molar refractivity (Wildman–Crippen MR) is 279 cm³/mol. The number of aliphatic hydroxyl groups is 2. The SMILES string of the molecule is C.CC(=O)C(O)C(CC(=O)O)C(=O)O.CC(=O)C/C(=C/C(=O)O)C(=O)O.CC(=O)CC(CC(=O)O)C(=O)O.CC(=O)CC(O)(CC(=O)O)C(=O)O.Cc1ccc(C(=O)O)cc1.Cc1cccc(C(=O)O)c1.O=C(O)c1ccccc1.O=C=O. The summed E-state index contributed by atoms with van der Waals surface area (Å²) >= 11 is 0. The van der Waals surface area contributed by atoms with Gasteiger partial charge in [0.25, 0.3) is 0 Å². The van der Waals surface area contributed by atoms with Crippen LogP contribution in [0.1, 0.15) is 116 Å². The van der Waals surface area contributed by atoms with Crippen molar-refractivity contribution in [2.75, 3.05) is 0 Å². The van der Waals surface area contributed by atoms with Crippen LogP contribution in [0.2, 0.25) is 0 Å². The second-order valence-corrected chi connectivity index (χ2v) is 16.2. The van der Waals surface area contributed by atoms with E-state index in [0.717, 1.165) is 25.0 Å². The fourth-order valence-corrected chi connectivity index (χ4v) is 5.15. The summed E-state index contributed by atoms with van der Waals surface area (Å²) in [5, 5.41) is 110. The number of carbonyl (C=O) groups is 15. The highest BCUT2D eigenvalue weighted by atomic mass is 16.4. The first-order valence-corrected chi connectivity index (χ1v) is 22.4. The quantitative estimate of drug-likeness (QED) is 0.0641. The van der Waals surface area contributed by atoms with Crippen molar-refractivity contribution in [1.82, 2.24) is 0 Å². The maximum atomic E-state index is 10.6. The van der Waals surface area contributed by atoms with E-state index in [0.29, 0.717) is 22.8 Å². The van der Waals surface area contributed by atoms with Crippen molar-refractivity contribution in [2.24, 2.45) is 11.8 Å². The number of aromatic carboxylic acids is 3. The molecule has 30 nitrogen and oxygen atoms in total. The van der Waals surface area contributed by atoms with E-state index in [1.807, 2.05) is 19.9 Å². The molecule has 30 heteroatoms. The number of aliphatic carboxylic acids is 8. The van der Waals surface area contributed by atoms with Crippen molar-refractivity contribution in [3.63, 3.8) is 0 Å². The summed E-state index contributed by atoms with van der Waals surface area (Å²) in [6, 6.07) is 21.9. The average molecular weight is 1180 g/mol. The van der Waals surface area contributed by atoms with Crippen molar-refractivity contribution in [1.29, 1.82) is 0 Å². The van der Waals surface area contributed by atoms with Gasteiger partial charge in [-0.15, -0.1) is 0 Å². The highest BCUT2D eigenvalue weighted by Gasteiger charge is 2.39. The van der Waals surface area contributed by atoms with Crippen LogP contribution in [0.5, 0.6) is 0 Å². The van der Waals surface area contributed by atoms with E-state index in [1.165, 1.54) is 13.8 Å². The zero-order chi connectivity index (χ0) is 65.2. The molecular formula is C53H64O30. The number of hydrogen-bond donors (Lipinski definition) is 13. The Morgan fingerprint density at radius 3 is 1.22 bits per heavy atom. The van der Waals surface area contributed by atoms with Crippen molar-refractivity contribution < 1.29 is 148 Å². The van der Waals surface area contributed by atoms with E-state index in [2.05, 4.69) is 0 Å². The molecule has 4 atom stereocenters. The van der Waals surface area contributed by atoms with E-state index in [-0.39, 0.29) is 38.0 Å². The Morgan fingerprint density at radius 2 is 0.940 bits per heavy atom. The van der Waals surface area contributed by atoms with Crippen LogP contribution in [-0.4, -0.2) is 173 Å². The number of aliphatic hydroxyl groups excluding tert-OH is 1. The number of rotatable bonds is 22. The van der Waals surface area contributed by atoms with Crippen molar-refractivity contribution >= 4 is 94.9 Å². The van der Waals surface area contributed by atoms with Gasteiger partial charge in [0.15, 0.2) is 11.4 Å². The fourth-order valence-electron chi connectivity index (χ4n) is 5.15. The summed E-state index contributed by atoms with van der Waals surface area (Å²) in [5.74, 6) is -18.6. The van der Waals surface area contributed by atoms with Crippen molar-refractivity contribution in [3.05, 3.63) is 118 Å². The Labute approximate surface area is 471 Å². The molecule has 0 saturated carbocycles. The first-order valence-electron chi connectivity index (χ1n) is 22.4. The molecule has 0 bridgehead atoms. The standard InChI is InChI=1S/2C8H8O2.2C7H10O6.C7H10O5.C7H8O5.C7H6O2.CO2.CH4/c1-6-2-4-7(5-3-6)8(9)10;1-6-3-2-4-7(5-6)8(9)10;1-4(8)2-7(13,6(11)12)3-5(9)10;1-3(8)6(11)4(7(12)13)2-5(9)10;2*1-4(8)2-5(7(11)12)3-6(9)10;8-7(9)6-4-2-1-3-5-6;2-1-3;/h2*2-5H,1H3,(H,9,10);13H,2-3H2,1H3,(H,9,10)(H,11,12);4,6,11H,2H2,1H3,(H,9,10)(H,12,13);5H,2-3H2,1H3,(H,9,10)(H,11,12);3H,2H2,1H3,(H,9,10)(H,11,12);1-5H,(H,8,9);;1H4/b;;;;;5-3-;;;. The molecule has 0 radical (unpaired) electrons. The van der Waals surface area contributed by atoms with Crippen molar-refractivity contribution in [2.45, 2.75) is 99.2 Å². The molecule has 3 aromatic rings. The highest BCUT2D eigenvalue weighted by molar-refractivity contribution is 5.99. The normalized spacial score (nSPS) is 11.2. The van der Waals surface area contributed by atoms with E-state index in [4.69, 9.17) is 70.9 Å². The number of carboxylic acids is 11. The molecular weight excluding hydrogens is 1120 g/mol. The Morgan fingerprint density at radius 1 is 0.506 bits per heavy atom. The van der Waals surface area contributed by atoms with Gasteiger partial charge in [-0.2, -0.15) is 9.59 Å². The number of hydrogen-bond acceptors (Lipinski definition) is 19. The maximum absolute atomic E-state index is 10.6. The first kappa shape index (κ1) is 83.9. The summed E-state index contributed by atoms with van der Waals surface area (Å²) in [6.45, 7) is 8.30. The molecule has 0 spiro atoms. The number of carbonyl (C=O) groups excluding carboxylic acids is 6. The topological polar surface area (TPSA) is 553 Å². The van der Waals surface area contributed by atoms with Crippen LogP contribution in [0, 0.1) is 25.7 Å². The fraction of sp³-hybridized carbons (Fsp3) is 0.321. The van der Waals surface area contributed by atoms with Crippen LogP contribution in [-0.2, 0) is 67.1 Å². The highest BCUT2D eigenvalue weighted by Crippen LogP contribution is 2.16. The smallest absolute Gasteiger partial charge is 0.373 e. The van der Waals surface area contributed by atoms with Gasteiger partial charge in [-0.05, 0) is 77.9 Å². The third kappa shape index (κ3) is 47.3. The number of Topliss-reactive ketones (excluding diaryl/α,β-unsaturated/α-hetero) is 4. The Balaban J connectivity index is -0.000000207. The van der Waals surface area contributed by atoms with Gasteiger partial charge in [0.2, 0.25) is 0 Å². The van der Waals surface area contributed by atoms with Gasteiger partial charge in [-0.1, -0.05) is 61.0 Å². The molecule has 3 rings (SSSR count). The zero-order valence-corrected chi connectivity index (χ0v) is 44.3. The maximum Gasteiger partial charge on any atom is 0.373 e. The molecule has 0 saturated heterocycles. The van der Waals surface area contributed by atoms with Gasteiger partial charge >= 0.3 is 71.8 Å². The molecule has 0 fully saturated rings. The molecule has 0 aliphatic heterocycles. The van der Waals surface area contributed by atoms with Crippen LogP contribution in [0.25, 0.3) is 0 Å². The average Bonchev–Trinajstić information content (AvgIpc) is 3.33. The monoisotopic (exact) mass is 1180 g/mol. The van der Waals surface area contributed by atoms with E-state index >= 15 is 0 Å². The van der Waals surface area contributed by atoms with Gasteiger partial charge in [0, 0.05) is 25.3 Å². The van der Waals surface area contributed by atoms with E-state index in [1.54, 1.807) is 72.8 Å². The predicted octanol–water partition coefficient (Wildman–Crippen LogP) is 3.39. The first-order chi connectivity index (χ1) is 37.6. The van der Waals surface area contributed by atoms with Gasteiger partial charge in [0.05, 0.1) is 47.4 Å². The molecule has 0 aliphatic carbocycles. The minimum absolute atomic E-state index is 0. The lowest BCUT2D eigenvalue weighted by Crippen LogP contribution is -2.42. The van der Waals surface area contributed by atoms with Crippen LogP contribution in [0.3, 0.4) is 0 Å². The van der Waals surface area contributed by atoms with Gasteiger partial charge in [0.1, 0.15) is 29.4 Å². The van der Waals surface area contributed by atoms with Crippen molar-refractivity contribution in [3.8, 4) is 0 Å². The summed E-state index contributed by atoms with van der Waals surface area (Å²) < 4.78 is 0. The number of aryl methyl sites for hydroxylation is 2. The van der Waals surface area contributed by atoms with E-state index in [9.17, 15) is 77.0 Å². The Bertz CT molecular complexity index is 2720. The van der Waals surface area contributed by atoms with Crippen LogP contribution < -0.4 is 0 Å². The second-order valence-electron chi connectivity index (χ2n) is 16.2. The lowest BCUT2D eigenvalue weighted by atomic mass is 9.94. The summed E-state index contributed by atoms with van der Waals surface area (Å²) in [4.78, 5) is 171. The van der Waals surface area contributed by atoms with E-state index < -0.39 is 132 Å². The number of carboxylic acid groups (broad SMARTS) is 11. The molecule has 4 unspecified atom stereocenters. The molecule has 83 heavy (non-hydrogen) atoms. The minimum atomic E-state index is -2.49. The van der Waals surface area contributed by atoms with Gasteiger partial charge < -0.3 is 71.2 Å². The van der Waals surface area contributed by atoms with Gasteiger partial charge in [-0.25, -0.2) is 28.8 Å². The number of benzene rings is 3. The van der Waals surface area contributed by atoms with Crippen LogP contribution in [0.15, 0.2) is 90.5 Å². The summed E-state index contributed by atoms with van der Waals surface area (Å²) in [6.07, 6.45) is -4.53. The second kappa shape index (κ2) is 45.4. The third-order valence-corrected chi connectivity index (χ3v) is 8.79. The molecule has 13 N–H and O–H groups in total. The van der Waals surface area contributed by atoms with Crippen LogP contribution >= 0.6 is 0 Å². The molecule has 0 heterocycles. The molecule has 0 aromatic heterocycles.